The molecule has 0 aliphatic carbocycles. The summed E-state index contributed by atoms with van der Waals surface area (Å²) in [7, 11) is 1.70. The first-order valence-corrected chi connectivity index (χ1v) is 5.97. The van der Waals surface area contributed by atoms with Gasteiger partial charge in [-0.1, -0.05) is 18.2 Å². The van der Waals surface area contributed by atoms with E-state index in [-0.39, 0.29) is 0 Å². The van der Waals surface area contributed by atoms with Gasteiger partial charge in [0.05, 0.1) is 17.3 Å². The molecule has 0 fully saturated rings. The van der Waals surface area contributed by atoms with Gasteiger partial charge in [0.1, 0.15) is 0 Å². The van der Waals surface area contributed by atoms with Gasteiger partial charge in [-0.05, 0) is 6.07 Å². The van der Waals surface area contributed by atoms with Crippen molar-refractivity contribution in [3.63, 3.8) is 0 Å². The van der Waals surface area contributed by atoms with Crippen LogP contribution in [0.4, 0.5) is 5.69 Å². The SMILES string of the molecule is COCCc1nc(-c2ccccc2N)cs1. The summed E-state index contributed by atoms with van der Waals surface area (Å²) in [5, 5.41) is 3.12. The number of rotatable bonds is 4. The zero-order chi connectivity index (χ0) is 11.4. The monoisotopic (exact) mass is 234 g/mol. The second kappa shape index (κ2) is 5.09. The summed E-state index contributed by atoms with van der Waals surface area (Å²) >= 11 is 1.65. The summed E-state index contributed by atoms with van der Waals surface area (Å²) in [6.07, 6.45) is 0.855. The predicted molar refractivity (Wildman–Crippen MR) is 67.5 cm³/mol. The Bertz CT molecular complexity index is 468. The summed E-state index contributed by atoms with van der Waals surface area (Å²) in [5.41, 5.74) is 8.63. The molecule has 0 saturated carbocycles. The Hall–Kier alpha value is -1.39. The van der Waals surface area contributed by atoms with Gasteiger partial charge in [0.2, 0.25) is 0 Å². The van der Waals surface area contributed by atoms with Crippen molar-refractivity contribution < 1.29 is 4.74 Å². The quantitative estimate of drug-likeness (QED) is 0.827. The number of hydrogen-bond donors (Lipinski definition) is 1. The zero-order valence-corrected chi connectivity index (χ0v) is 9.96. The number of hydrogen-bond acceptors (Lipinski definition) is 4. The van der Waals surface area contributed by atoms with Crippen LogP contribution in [0.5, 0.6) is 0 Å². The highest BCUT2D eigenvalue weighted by Gasteiger charge is 2.06. The molecule has 0 saturated heterocycles. The number of nitrogens with two attached hydrogens (primary N) is 1. The van der Waals surface area contributed by atoms with Crippen LogP contribution < -0.4 is 5.73 Å². The van der Waals surface area contributed by atoms with Gasteiger partial charge in [-0.25, -0.2) is 4.98 Å². The van der Waals surface area contributed by atoms with Crippen molar-refractivity contribution in [2.45, 2.75) is 6.42 Å². The Balaban J connectivity index is 2.22. The predicted octanol–water partition coefficient (Wildman–Crippen LogP) is 2.58. The molecule has 0 bridgehead atoms. The average Bonchev–Trinajstić information content (AvgIpc) is 2.75. The fourth-order valence-corrected chi connectivity index (χ4v) is 2.25. The molecule has 2 aromatic rings. The molecular formula is C12H14N2OS. The number of ether oxygens (including phenoxy) is 1. The normalized spacial score (nSPS) is 10.6. The van der Waals surface area contributed by atoms with Crippen LogP contribution in [0.1, 0.15) is 5.01 Å². The summed E-state index contributed by atoms with van der Waals surface area (Å²) < 4.78 is 5.03. The lowest BCUT2D eigenvalue weighted by Crippen LogP contribution is -1.94. The van der Waals surface area contributed by atoms with Gasteiger partial charge in [-0.3, -0.25) is 0 Å². The Morgan fingerprint density at radius 1 is 1.38 bits per heavy atom. The molecule has 0 aliphatic rings. The molecule has 1 aromatic heterocycles. The lowest BCUT2D eigenvalue weighted by atomic mass is 10.1. The van der Waals surface area contributed by atoms with Crippen molar-refractivity contribution in [3.8, 4) is 11.3 Å². The van der Waals surface area contributed by atoms with Gasteiger partial charge in [-0.15, -0.1) is 11.3 Å². The molecule has 3 nitrogen and oxygen atoms in total. The number of nitrogen functional groups attached to an aromatic ring is 1. The van der Waals surface area contributed by atoms with Crippen LogP contribution in [0.15, 0.2) is 29.6 Å². The van der Waals surface area contributed by atoms with Crippen molar-refractivity contribution in [1.82, 2.24) is 4.98 Å². The van der Waals surface area contributed by atoms with Gasteiger partial charge >= 0.3 is 0 Å². The van der Waals surface area contributed by atoms with Crippen molar-refractivity contribution in [2.24, 2.45) is 0 Å². The molecule has 0 atom stereocenters. The van der Waals surface area contributed by atoms with E-state index in [2.05, 4.69) is 4.98 Å². The van der Waals surface area contributed by atoms with Gasteiger partial charge in [0.25, 0.3) is 0 Å². The minimum absolute atomic E-state index is 0.706. The standard InChI is InChI=1S/C12H14N2OS/c1-15-7-6-12-14-11(8-16-12)9-4-2-3-5-10(9)13/h2-5,8H,6-7,13H2,1H3. The molecule has 0 radical (unpaired) electrons. The average molecular weight is 234 g/mol. The molecule has 0 amide bonds. The second-order valence-electron chi connectivity index (χ2n) is 3.46. The van der Waals surface area contributed by atoms with Crippen LogP contribution in [0, 0.1) is 0 Å². The number of anilines is 1. The summed E-state index contributed by atoms with van der Waals surface area (Å²) in [5.74, 6) is 0. The maximum absolute atomic E-state index is 5.90. The van der Waals surface area contributed by atoms with E-state index in [0.29, 0.717) is 6.61 Å². The van der Waals surface area contributed by atoms with Crippen molar-refractivity contribution in [1.29, 1.82) is 0 Å². The van der Waals surface area contributed by atoms with E-state index in [1.807, 2.05) is 29.6 Å². The molecule has 1 aromatic carbocycles. The first kappa shape index (κ1) is 11.1. The molecule has 0 spiro atoms. The second-order valence-corrected chi connectivity index (χ2v) is 4.40. The third-order valence-corrected chi connectivity index (χ3v) is 3.22. The summed E-state index contributed by atoms with van der Waals surface area (Å²) in [6, 6.07) is 7.78. The molecule has 0 unspecified atom stereocenters. The summed E-state index contributed by atoms with van der Waals surface area (Å²) in [4.78, 5) is 4.54. The highest BCUT2D eigenvalue weighted by atomic mass is 32.1. The summed E-state index contributed by atoms with van der Waals surface area (Å²) in [6.45, 7) is 0.706. The lowest BCUT2D eigenvalue weighted by molar-refractivity contribution is 0.202. The highest BCUT2D eigenvalue weighted by molar-refractivity contribution is 7.09. The fraction of sp³-hybridized carbons (Fsp3) is 0.250. The van der Waals surface area contributed by atoms with Crippen LogP contribution >= 0.6 is 11.3 Å². The molecule has 84 valence electrons. The van der Waals surface area contributed by atoms with Crippen molar-refractivity contribution >= 4 is 17.0 Å². The van der Waals surface area contributed by atoms with Crippen LogP contribution in [0.25, 0.3) is 11.3 Å². The molecule has 0 aliphatic heterocycles. The number of benzene rings is 1. The van der Waals surface area contributed by atoms with E-state index in [1.54, 1.807) is 18.4 Å². The van der Waals surface area contributed by atoms with Gasteiger partial charge in [0, 0.05) is 30.2 Å². The maximum atomic E-state index is 5.90. The van der Waals surface area contributed by atoms with Crippen LogP contribution in [0.3, 0.4) is 0 Å². The van der Waals surface area contributed by atoms with E-state index < -0.39 is 0 Å². The smallest absolute Gasteiger partial charge is 0.0955 e. The third kappa shape index (κ3) is 2.40. The van der Waals surface area contributed by atoms with Crippen LogP contribution in [0.2, 0.25) is 0 Å². The number of methoxy groups -OCH3 is 1. The Labute approximate surface area is 98.9 Å². The number of para-hydroxylation sites is 1. The van der Waals surface area contributed by atoms with Crippen LogP contribution in [-0.4, -0.2) is 18.7 Å². The minimum Gasteiger partial charge on any atom is -0.398 e. The van der Waals surface area contributed by atoms with E-state index >= 15 is 0 Å². The first-order valence-electron chi connectivity index (χ1n) is 5.09. The molecular weight excluding hydrogens is 220 g/mol. The Morgan fingerprint density at radius 2 is 2.19 bits per heavy atom. The van der Waals surface area contributed by atoms with E-state index in [4.69, 9.17) is 10.5 Å². The molecule has 2 rings (SSSR count). The van der Waals surface area contributed by atoms with Gasteiger partial charge in [0.15, 0.2) is 0 Å². The topological polar surface area (TPSA) is 48.1 Å². The molecule has 1 heterocycles. The largest absolute Gasteiger partial charge is 0.398 e. The lowest BCUT2D eigenvalue weighted by Gasteiger charge is -2.00. The number of nitrogens with zero attached hydrogens (tertiary/aromatic N) is 1. The zero-order valence-electron chi connectivity index (χ0n) is 9.14. The van der Waals surface area contributed by atoms with E-state index in [9.17, 15) is 0 Å². The Kier molecular flexibility index (Phi) is 3.54. The third-order valence-electron chi connectivity index (χ3n) is 2.31. The molecule has 2 N–H and O–H groups in total. The van der Waals surface area contributed by atoms with Crippen molar-refractivity contribution in [2.75, 3.05) is 19.5 Å². The minimum atomic E-state index is 0.706. The first-order chi connectivity index (χ1) is 7.81. The number of thiazole rings is 1. The maximum Gasteiger partial charge on any atom is 0.0955 e. The van der Waals surface area contributed by atoms with E-state index in [1.165, 1.54) is 0 Å². The molecule has 4 heteroatoms. The molecule has 16 heavy (non-hydrogen) atoms. The highest BCUT2D eigenvalue weighted by Crippen LogP contribution is 2.26. The van der Waals surface area contributed by atoms with Crippen LogP contribution in [-0.2, 0) is 11.2 Å². The van der Waals surface area contributed by atoms with E-state index in [0.717, 1.165) is 28.4 Å². The van der Waals surface area contributed by atoms with Gasteiger partial charge in [-0.2, -0.15) is 0 Å². The number of aromatic nitrogens is 1. The Morgan fingerprint density at radius 3 is 2.94 bits per heavy atom. The van der Waals surface area contributed by atoms with Crippen molar-refractivity contribution in [3.05, 3.63) is 34.7 Å². The van der Waals surface area contributed by atoms with Gasteiger partial charge < -0.3 is 10.5 Å². The fourth-order valence-electron chi connectivity index (χ4n) is 1.47.